The molecular formula is C15H20N4O2. The Labute approximate surface area is 124 Å². The van der Waals surface area contributed by atoms with Crippen molar-refractivity contribution in [3.63, 3.8) is 0 Å². The number of ether oxygens (including phenoxy) is 2. The van der Waals surface area contributed by atoms with Gasteiger partial charge in [-0.2, -0.15) is 5.10 Å². The maximum Gasteiger partial charge on any atom is 0.141 e. The van der Waals surface area contributed by atoms with Gasteiger partial charge in [0.05, 0.1) is 19.4 Å². The van der Waals surface area contributed by atoms with E-state index < -0.39 is 0 Å². The number of hydrogen-bond acceptors (Lipinski definition) is 5. The molecule has 0 saturated heterocycles. The number of nitrogens with zero attached hydrogens (tertiary/aromatic N) is 4. The van der Waals surface area contributed by atoms with E-state index in [-0.39, 0.29) is 0 Å². The van der Waals surface area contributed by atoms with Crippen LogP contribution in [0.5, 0.6) is 11.5 Å². The highest BCUT2D eigenvalue weighted by molar-refractivity contribution is 5.83. The Bertz CT molecular complexity index is 567. The molecule has 0 aliphatic rings. The van der Waals surface area contributed by atoms with E-state index in [2.05, 4.69) is 29.1 Å². The molecule has 112 valence electrons. The molecule has 1 aromatic carbocycles. The van der Waals surface area contributed by atoms with Gasteiger partial charge in [-0.15, -0.1) is 10.2 Å². The van der Waals surface area contributed by atoms with Gasteiger partial charge in [-0.1, -0.05) is 13.8 Å². The molecule has 0 saturated carbocycles. The van der Waals surface area contributed by atoms with Gasteiger partial charge in [0.25, 0.3) is 0 Å². The van der Waals surface area contributed by atoms with Gasteiger partial charge in [0.15, 0.2) is 0 Å². The predicted molar refractivity (Wildman–Crippen MR) is 81.0 cm³/mol. The summed E-state index contributed by atoms with van der Waals surface area (Å²) in [4.78, 5) is 0. The van der Waals surface area contributed by atoms with Crippen molar-refractivity contribution in [1.82, 2.24) is 14.9 Å². The fourth-order valence-electron chi connectivity index (χ4n) is 1.65. The standard InChI is InChI=1S/C15H20N4O2/c1-3-7-20-14-6-5-13(15(9-14)21-8-4-2)10-18-19-11-16-17-12-19/h5-6,9-12H,3-4,7-8H2,1-2H3. The first-order valence-electron chi connectivity index (χ1n) is 7.12. The summed E-state index contributed by atoms with van der Waals surface area (Å²) >= 11 is 0. The highest BCUT2D eigenvalue weighted by Gasteiger charge is 2.05. The summed E-state index contributed by atoms with van der Waals surface area (Å²) in [6.45, 7) is 5.50. The zero-order chi connectivity index (χ0) is 14.9. The van der Waals surface area contributed by atoms with Gasteiger partial charge >= 0.3 is 0 Å². The summed E-state index contributed by atoms with van der Waals surface area (Å²) < 4.78 is 12.9. The normalized spacial score (nSPS) is 11.0. The molecule has 0 amide bonds. The molecule has 2 rings (SSSR count). The fourth-order valence-corrected chi connectivity index (χ4v) is 1.65. The lowest BCUT2D eigenvalue weighted by Crippen LogP contribution is -2.01. The molecule has 21 heavy (non-hydrogen) atoms. The van der Waals surface area contributed by atoms with Crippen molar-refractivity contribution in [3.8, 4) is 11.5 Å². The first-order chi connectivity index (χ1) is 10.3. The number of benzene rings is 1. The fraction of sp³-hybridized carbons (Fsp3) is 0.400. The number of hydrogen-bond donors (Lipinski definition) is 0. The highest BCUT2D eigenvalue weighted by Crippen LogP contribution is 2.24. The highest BCUT2D eigenvalue weighted by atomic mass is 16.5. The van der Waals surface area contributed by atoms with Crippen LogP contribution in [-0.2, 0) is 0 Å². The Morgan fingerprint density at radius 2 is 1.81 bits per heavy atom. The summed E-state index contributed by atoms with van der Waals surface area (Å²) in [6, 6.07) is 5.75. The molecule has 0 bridgehead atoms. The summed E-state index contributed by atoms with van der Waals surface area (Å²) in [5.41, 5.74) is 0.890. The van der Waals surface area contributed by atoms with Crippen molar-refractivity contribution in [2.24, 2.45) is 5.10 Å². The molecule has 0 N–H and O–H groups in total. The van der Waals surface area contributed by atoms with E-state index in [4.69, 9.17) is 9.47 Å². The maximum absolute atomic E-state index is 5.77. The van der Waals surface area contributed by atoms with E-state index in [0.29, 0.717) is 13.2 Å². The van der Waals surface area contributed by atoms with Crippen LogP contribution in [0.25, 0.3) is 0 Å². The summed E-state index contributed by atoms with van der Waals surface area (Å²) in [6.07, 6.45) is 6.70. The lowest BCUT2D eigenvalue weighted by Gasteiger charge is -2.11. The minimum absolute atomic E-state index is 0.657. The molecule has 6 heteroatoms. The average Bonchev–Trinajstić information content (AvgIpc) is 3.03. The van der Waals surface area contributed by atoms with Crippen LogP contribution in [-0.4, -0.2) is 34.3 Å². The second-order valence-electron chi connectivity index (χ2n) is 4.48. The van der Waals surface area contributed by atoms with Crippen LogP contribution in [0.4, 0.5) is 0 Å². The Hall–Kier alpha value is -2.37. The van der Waals surface area contributed by atoms with Crippen molar-refractivity contribution in [1.29, 1.82) is 0 Å². The third-order valence-electron chi connectivity index (χ3n) is 2.66. The number of rotatable bonds is 8. The zero-order valence-corrected chi connectivity index (χ0v) is 12.4. The van der Waals surface area contributed by atoms with Gasteiger partial charge in [0, 0.05) is 11.6 Å². The van der Waals surface area contributed by atoms with Crippen LogP contribution in [0, 0.1) is 0 Å². The second kappa shape index (κ2) is 8.04. The summed E-state index contributed by atoms with van der Waals surface area (Å²) in [5.74, 6) is 1.58. The minimum atomic E-state index is 0.657. The van der Waals surface area contributed by atoms with Gasteiger partial charge < -0.3 is 9.47 Å². The predicted octanol–water partition coefficient (Wildman–Crippen LogP) is 2.74. The number of aromatic nitrogens is 3. The molecule has 1 aromatic heterocycles. The maximum atomic E-state index is 5.77. The molecule has 0 unspecified atom stereocenters. The smallest absolute Gasteiger partial charge is 0.141 e. The average molecular weight is 288 g/mol. The lowest BCUT2D eigenvalue weighted by molar-refractivity contribution is 0.301. The molecule has 0 radical (unpaired) electrons. The van der Waals surface area contributed by atoms with Crippen LogP contribution < -0.4 is 9.47 Å². The van der Waals surface area contributed by atoms with Gasteiger partial charge in [0.2, 0.25) is 0 Å². The topological polar surface area (TPSA) is 61.5 Å². The molecule has 1 heterocycles. The third kappa shape index (κ3) is 4.59. The molecule has 6 nitrogen and oxygen atoms in total. The van der Waals surface area contributed by atoms with E-state index in [0.717, 1.165) is 29.9 Å². The van der Waals surface area contributed by atoms with Crippen LogP contribution in [0.15, 0.2) is 36.0 Å². The van der Waals surface area contributed by atoms with Gasteiger partial charge in [-0.25, -0.2) is 4.68 Å². The van der Waals surface area contributed by atoms with E-state index in [1.165, 1.54) is 17.3 Å². The van der Waals surface area contributed by atoms with Crippen molar-refractivity contribution < 1.29 is 9.47 Å². The molecule has 0 atom stereocenters. The third-order valence-corrected chi connectivity index (χ3v) is 2.66. The molecule has 0 spiro atoms. The van der Waals surface area contributed by atoms with E-state index >= 15 is 0 Å². The van der Waals surface area contributed by atoms with Crippen LogP contribution in [0.2, 0.25) is 0 Å². The quantitative estimate of drug-likeness (QED) is 0.701. The summed E-state index contributed by atoms with van der Waals surface area (Å²) in [5, 5.41) is 11.6. The Kier molecular flexibility index (Phi) is 5.75. The summed E-state index contributed by atoms with van der Waals surface area (Å²) in [7, 11) is 0. The first kappa shape index (κ1) is 15.0. The molecular weight excluding hydrogens is 268 g/mol. The van der Waals surface area contributed by atoms with Crippen molar-refractivity contribution in [3.05, 3.63) is 36.4 Å². The van der Waals surface area contributed by atoms with Crippen molar-refractivity contribution in [2.75, 3.05) is 13.2 Å². The Balaban J connectivity index is 2.17. The first-order valence-corrected chi connectivity index (χ1v) is 7.12. The van der Waals surface area contributed by atoms with E-state index in [9.17, 15) is 0 Å². The monoisotopic (exact) mass is 288 g/mol. The Morgan fingerprint density at radius 3 is 2.52 bits per heavy atom. The zero-order valence-electron chi connectivity index (χ0n) is 12.4. The van der Waals surface area contributed by atoms with Gasteiger partial charge in [0.1, 0.15) is 24.2 Å². The largest absolute Gasteiger partial charge is 0.493 e. The van der Waals surface area contributed by atoms with E-state index in [1.54, 1.807) is 6.21 Å². The molecule has 2 aromatic rings. The van der Waals surface area contributed by atoms with Crippen LogP contribution in [0.3, 0.4) is 0 Å². The second-order valence-corrected chi connectivity index (χ2v) is 4.48. The SMILES string of the molecule is CCCOc1ccc(C=Nn2cnnc2)c(OCCC)c1. The van der Waals surface area contributed by atoms with Crippen molar-refractivity contribution >= 4 is 6.21 Å². The Morgan fingerprint density at radius 1 is 1.10 bits per heavy atom. The van der Waals surface area contributed by atoms with E-state index in [1.807, 2.05) is 18.2 Å². The van der Waals surface area contributed by atoms with Gasteiger partial charge in [-0.05, 0) is 25.0 Å². The van der Waals surface area contributed by atoms with Crippen LogP contribution in [0.1, 0.15) is 32.3 Å². The molecule has 0 aliphatic carbocycles. The molecule has 0 fully saturated rings. The minimum Gasteiger partial charge on any atom is -0.493 e. The molecule has 0 aliphatic heterocycles. The van der Waals surface area contributed by atoms with Crippen molar-refractivity contribution in [2.45, 2.75) is 26.7 Å². The lowest BCUT2D eigenvalue weighted by atomic mass is 10.2. The van der Waals surface area contributed by atoms with Crippen LogP contribution >= 0.6 is 0 Å². The van der Waals surface area contributed by atoms with Gasteiger partial charge in [-0.3, -0.25) is 0 Å².